The molecule has 30 heavy (non-hydrogen) atoms. The molecule has 3 aromatic rings. The minimum absolute atomic E-state index is 0.141. The maximum atomic E-state index is 13.2. The van der Waals surface area contributed by atoms with E-state index in [0.29, 0.717) is 26.9 Å². The molecule has 0 aromatic heterocycles. The summed E-state index contributed by atoms with van der Waals surface area (Å²) in [6.07, 6.45) is 0. The molecular formula is C23H20Cl2O3S2. The number of ketones is 1. The molecule has 0 unspecified atom stereocenters. The molecule has 7 heteroatoms. The number of halogens is 2. The van der Waals surface area contributed by atoms with Crippen molar-refractivity contribution >= 4 is 50.6 Å². The molecule has 0 bridgehead atoms. The van der Waals surface area contributed by atoms with E-state index in [1.165, 1.54) is 11.8 Å². The minimum atomic E-state index is -3.80. The van der Waals surface area contributed by atoms with E-state index in [4.69, 9.17) is 23.2 Å². The van der Waals surface area contributed by atoms with E-state index in [1.54, 1.807) is 48.5 Å². The topological polar surface area (TPSA) is 51.2 Å². The second-order valence-corrected chi connectivity index (χ2v) is 10.8. The first kappa shape index (κ1) is 22.9. The summed E-state index contributed by atoms with van der Waals surface area (Å²) in [5.41, 5.74) is 2.22. The number of thioether (sulfide) groups is 1. The lowest BCUT2D eigenvalue weighted by Gasteiger charge is -2.19. The van der Waals surface area contributed by atoms with Crippen molar-refractivity contribution < 1.29 is 13.2 Å². The Morgan fingerprint density at radius 3 is 1.80 bits per heavy atom. The predicted molar refractivity (Wildman–Crippen MR) is 126 cm³/mol. The van der Waals surface area contributed by atoms with Crippen LogP contribution in [-0.4, -0.2) is 25.7 Å². The molecule has 0 spiro atoms. The molecule has 0 heterocycles. The predicted octanol–water partition coefficient (Wildman–Crippen LogP) is 6.00. The van der Waals surface area contributed by atoms with E-state index in [0.717, 1.165) is 5.56 Å². The van der Waals surface area contributed by atoms with Gasteiger partial charge in [-0.05, 0) is 41.0 Å². The summed E-state index contributed by atoms with van der Waals surface area (Å²) in [6, 6.07) is 23.0. The molecule has 0 aliphatic carbocycles. The van der Waals surface area contributed by atoms with Gasteiger partial charge in [-0.3, -0.25) is 4.79 Å². The Morgan fingerprint density at radius 1 is 0.800 bits per heavy atom. The van der Waals surface area contributed by atoms with E-state index >= 15 is 0 Å². The zero-order chi connectivity index (χ0) is 21.6. The van der Waals surface area contributed by atoms with Crippen LogP contribution in [0.15, 0.2) is 78.9 Å². The molecule has 0 N–H and O–H groups in total. The van der Waals surface area contributed by atoms with Crippen LogP contribution in [0.4, 0.5) is 0 Å². The zero-order valence-electron chi connectivity index (χ0n) is 16.0. The quantitative estimate of drug-likeness (QED) is 0.378. The van der Waals surface area contributed by atoms with Gasteiger partial charge in [-0.2, -0.15) is 0 Å². The third-order valence-corrected chi connectivity index (χ3v) is 8.00. The Balaban J connectivity index is 1.76. The van der Waals surface area contributed by atoms with Crippen LogP contribution in [0, 0.1) is 0 Å². The molecule has 0 saturated carbocycles. The molecule has 156 valence electrons. The second kappa shape index (κ2) is 10.5. The summed E-state index contributed by atoms with van der Waals surface area (Å²) in [6.45, 7) is 0. The summed E-state index contributed by atoms with van der Waals surface area (Å²) in [5.74, 6) is -0.0409. The van der Waals surface area contributed by atoms with Gasteiger partial charge in [-0.25, -0.2) is 8.42 Å². The largest absolute Gasteiger partial charge is 0.298 e. The molecule has 0 aliphatic rings. The maximum Gasteiger partial charge on any atom is 0.168 e. The molecular weight excluding hydrogens is 459 g/mol. The van der Waals surface area contributed by atoms with Gasteiger partial charge in [0.1, 0.15) is 11.0 Å². The highest BCUT2D eigenvalue weighted by atomic mass is 35.5. The van der Waals surface area contributed by atoms with E-state index < -0.39 is 20.8 Å². The van der Waals surface area contributed by atoms with Crippen LogP contribution in [0.25, 0.3) is 0 Å². The van der Waals surface area contributed by atoms with Gasteiger partial charge in [0, 0.05) is 15.8 Å². The maximum absolute atomic E-state index is 13.2. The van der Waals surface area contributed by atoms with Crippen molar-refractivity contribution in [3.8, 4) is 0 Å². The molecule has 3 rings (SSSR count). The normalized spacial score (nSPS) is 11.6. The summed E-state index contributed by atoms with van der Waals surface area (Å²) in [7, 11) is -3.80. The van der Waals surface area contributed by atoms with Crippen molar-refractivity contribution in [3.63, 3.8) is 0 Å². The van der Waals surface area contributed by atoms with E-state index in [9.17, 15) is 13.2 Å². The summed E-state index contributed by atoms with van der Waals surface area (Å²) in [4.78, 5) is 12.5. The van der Waals surface area contributed by atoms with Gasteiger partial charge in [0.2, 0.25) is 0 Å². The standard InChI is InChI=1S/C23H20Cl2O3S2/c24-20-10-6-18(7-11-20)23(19-8-12-21(25)13-9-19)30(27,28)16-22(26)15-29-14-17-4-2-1-3-5-17/h1-13,23H,14-16H2. The highest BCUT2D eigenvalue weighted by Gasteiger charge is 2.31. The van der Waals surface area contributed by atoms with E-state index in [-0.39, 0.29) is 11.5 Å². The Morgan fingerprint density at radius 2 is 1.30 bits per heavy atom. The molecule has 0 radical (unpaired) electrons. The van der Waals surface area contributed by atoms with Crippen LogP contribution >= 0.6 is 35.0 Å². The lowest BCUT2D eigenvalue weighted by molar-refractivity contribution is -0.114. The molecule has 3 aromatic carbocycles. The fourth-order valence-electron chi connectivity index (χ4n) is 3.09. The zero-order valence-corrected chi connectivity index (χ0v) is 19.1. The molecule has 3 nitrogen and oxygen atoms in total. The van der Waals surface area contributed by atoms with E-state index in [1.807, 2.05) is 30.3 Å². The fourth-order valence-corrected chi connectivity index (χ4v) is 6.19. The smallest absolute Gasteiger partial charge is 0.168 e. The number of carbonyl (C=O) groups excluding carboxylic acids is 1. The first-order chi connectivity index (χ1) is 14.3. The van der Waals surface area contributed by atoms with Crippen LogP contribution in [-0.2, 0) is 20.4 Å². The van der Waals surface area contributed by atoms with Crippen molar-refractivity contribution in [1.82, 2.24) is 0 Å². The highest BCUT2D eigenvalue weighted by Crippen LogP contribution is 2.32. The second-order valence-electron chi connectivity index (χ2n) is 6.81. The van der Waals surface area contributed by atoms with Crippen LogP contribution in [0.5, 0.6) is 0 Å². The number of carbonyl (C=O) groups is 1. The fraction of sp³-hybridized carbons (Fsp3) is 0.174. The number of hydrogen-bond donors (Lipinski definition) is 0. The molecule has 0 fully saturated rings. The van der Waals surface area contributed by atoms with Crippen LogP contribution in [0.3, 0.4) is 0 Å². The van der Waals surface area contributed by atoms with Gasteiger partial charge < -0.3 is 0 Å². The van der Waals surface area contributed by atoms with Gasteiger partial charge in [-0.15, -0.1) is 11.8 Å². The molecule has 0 atom stereocenters. The molecule has 0 saturated heterocycles. The first-order valence-electron chi connectivity index (χ1n) is 9.21. The van der Waals surface area contributed by atoms with Crippen molar-refractivity contribution in [3.05, 3.63) is 106 Å². The van der Waals surface area contributed by atoms with Crippen molar-refractivity contribution in [2.75, 3.05) is 11.5 Å². The Hall–Kier alpha value is -1.79. The summed E-state index contributed by atoms with van der Waals surface area (Å²) >= 11 is 13.3. The SMILES string of the molecule is O=C(CSCc1ccccc1)CS(=O)(=O)C(c1ccc(Cl)cc1)c1ccc(Cl)cc1. The third-order valence-electron chi connectivity index (χ3n) is 4.44. The van der Waals surface area contributed by atoms with Gasteiger partial charge >= 0.3 is 0 Å². The average molecular weight is 479 g/mol. The highest BCUT2D eigenvalue weighted by molar-refractivity contribution is 7.99. The van der Waals surface area contributed by atoms with Gasteiger partial charge in [0.05, 0.1) is 5.75 Å². The number of Topliss-reactive ketones (excluding diaryl/α,β-unsaturated/α-hetero) is 1. The monoisotopic (exact) mass is 478 g/mol. The number of hydrogen-bond acceptors (Lipinski definition) is 4. The van der Waals surface area contributed by atoms with E-state index in [2.05, 4.69) is 0 Å². The van der Waals surface area contributed by atoms with Crippen LogP contribution in [0.2, 0.25) is 10.0 Å². The third kappa shape index (κ3) is 6.35. The minimum Gasteiger partial charge on any atom is -0.298 e. The lowest BCUT2D eigenvalue weighted by Crippen LogP contribution is -2.24. The Labute approximate surface area is 191 Å². The van der Waals surface area contributed by atoms with Crippen LogP contribution in [0.1, 0.15) is 21.9 Å². The van der Waals surface area contributed by atoms with Gasteiger partial charge in [0.15, 0.2) is 15.6 Å². The lowest BCUT2D eigenvalue weighted by atomic mass is 10.0. The van der Waals surface area contributed by atoms with Gasteiger partial charge in [0.25, 0.3) is 0 Å². The average Bonchev–Trinajstić information content (AvgIpc) is 2.71. The number of sulfone groups is 1. The van der Waals surface area contributed by atoms with Crippen molar-refractivity contribution in [1.29, 1.82) is 0 Å². The van der Waals surface area contributed by atoms with Crippen LogP contribution < -0.4 is 0 Å². The first-order valence-corrected chi connectivity index (χ1v) is 12.8. The summed E-state index contributed by atoms with van der Waals surface area (Å²) < 4.78 is 26.5. The molecule has 0 aliphatic heterocycles. The van der Waals surface area contributed by atoms with Gasteiger partial charge in [-0.1, -0.05) is 77.8 Å². The Bertz CT molecular complexity index is 1040. The van der Waals surface area contributed by atoms with Crippen molar-refractivity contribution in [2.24, 2.45) is 0 Å². The van der Waals surface area contributed by atoms with Crippen molar-refractivity contribution in [2.45, 2.75) is 11.0 Å². The number of benzene rings is 3. The Kier molecular flexibility index (Phi) is 8.00. The summed E-state index contributed by atoms with van der Waals surface area (Å²) in [5, 5.41) is 0.0638. The molecule has 0 amide bonds. The number of rotatable bonds is 9.